The number of fused-ring (bicyclic) bond motifs is 1. The number of carbonyl (C=O) groups excluding carboxylic acids is 3. The van der Waals surface area contributed by atoms with Crippen molar-refractivity contribution < 1.29 is 27.5 Å². The maximum atomic E-state index is 12.9. The second-order valence-electron chi connectivity index (χ2n) is 7.89. The van der Waals surface area contributed by atoms with Crippen LogP contribution in [-0.2, 0) is 14.8 Å². The van der Waals surface area contributed by atoms with Crippen molar-refractivity contribution in [2.45, 2.75) is 49.5 Å². The monoisotopic (exact) mass is 460 g/mol. The van der Waals surface area contributed by atoms with Crippen molar-refractivity contribution in [2.75, 3.05) is 11.9 Å². The Bertz CT molecular complexity index is 1220. The Kier molecular flexibility index (Phi) is 4.67. The van der Waals surface area contributed by atoms with Gasteiger partial charge in [0.15, 0.2) is 0 Å². The van der Waals surface area contributed by atoms with Crippen LogP contribution in [0.3, 0.4) is 0 Å². The molecule has 10 heteroatoms. The lowest BCUT2D eigenvalue weighted by molar-refractivity contribution is 0.0526. The van der Waals surface area contributed by atoms with Crippen LogP contribution < -0.4 is 5.32 Å². The standard InChI is InChI=1S/C21H20N2O6S2/c1-2-29-21(26)17-15(11-3-4-11)10-30-19(17)22-18(24)12-5-8-14-16(9-12)31(27,28)23(20(14)25)13-6-7-13/h5,8-11,13H,2-4,6-7H2,1H3,(H,22,24). The molecule has 2 heterocycles. The van der Waals surface area contributed by atoms with Gasteiger partial charge in [0.2, 0.25) is 0 Å². The molecule has 0 saturated heterocycles. The van der Waals surface area contributed by atoms with E-state index in [4.69, 9.17) is 4.74 Å². The van der Waals surface area contributed by atoms with E-state index in [0.717, 1.165) is 22.7 Å². The van der Waals surface area contributed by atoms with Gasteiger partial charge in [-0.25, -0.2) is 17.5 Å². The molecule has 2 saturated carbocycles. The molecule has 1 N–H and O–H groups in total. The quantitative estimate of drug-likeness (QED) is 0.662. The normalized spacial score (nSPS) is 19.3. The molecule has 2 aliphatic carbocycles. The van der Waals surface area contributed by atoms with E-state index in [0.29, 0.717) is 29.3 Å². The summed E-state index contributed by atoms with van der Waals surface area (Å²) in [7, 11) is -3.96. The zero-order chi connectivity index (χ0) is 21.9. The SMILES string of the molecule is CCOC(=O)c1c(C2CC2)csc1NC(=O)c1ccc2c(c1)S(=O)(=O)N(C1CC1)C2=O. The van der Waals surface area contributed by atoms with Gasteiger partial charge in [0.1, 0.15) is 9.90 Å². The summed E-state index contributed by atoms with van der Waals surface area (Å²) in [5.41, 5.74) is 1.43. The molecule has 2 fully saturated rings. The molecular weight excluding hydrogens is 440 g/mol. The Morgan fingerprint density at radius 1 is 1.23 bits per heavy atom. The lowest BCUT2D eigenvalue weighted by Crippen LogP contribution is -2.31. The average Bonchev–Trinajstić information content (AvgIpc) is 3.66. The van der Waals surface area contributed by atoms with Crippen LogP contribution in [0.2, 0.25) is 0 Å². The highest BCUT2D eigenvalue weighted by molar-refractivity contribution is 7.90. The van der Waals surface area contributed by atoms with E-state index in [1.807, 2.05) is 5.38 Å². The van der Waals surface area contributed by atoms with Crippen molar-refractivity contribution in [3.8, 4) is 0 Å². The van der Waals surface area contributed by atoms with Crippen molar-refractivity contribution in [1.29, 1.82) is 0 Å². The summed E-state index contributed by atoms with van der Waals surface area (Å²) in [6.45, 7) is 1.94. The molecule has 31 heavy (non-hydrogen) atoms. The molecule has 1 aromatic carbocycles. The number of anilines is 1. The van der Waals surface area contributed by atoms with Crippen LogP contribution in [0.25, 0.3) is 0 Å². The van der Waals surface area contributed by atoms with E-state index in [-0.39, 0.29) is 28.7 Å². The first-order valence-corrected chi connectivity index (χ1v) is 12.5. The number of ether oxygens (including phenoxy) is 1. The second-order valence-corrected chi connectivity index (χ2v) is 10.6. The predicted octanol–water partition coefficient (Wildman–Crippen LogP) is 3.36. The van der Waals surface area contributed by atoms with Gasteiger partial charge >= 0.3 is 5.97 Å². The fraction of sp³-hybridized carbons (Fsp3) is 0.381. The first-order valence-electron chi connectivity index (χ1n) is 10.2. The lowest BCUT2D eigenvalue weighted by atomic mass is 10.1. The van der Waals surface area contributed by atoms with Crippen molar-refractivity contribution in [1.82, 2.24) is 4.31 Å². The van der Waals surface area contributed by atoms with Crippen molar-refractivity contribution in [3.63, 3.8) is 0 Å². The number of nitrogens with one attached hydrogen (secondary N) is 1. The maximum absolute atomic E-state index is 12.9. The zero-order valence-corrected chi connectivity index (χ0v) is 18.3. The minimum Gasteiger partial charge on any atom is -0.462 e. The summed E-state index contributed by atoms with van der Waals surface area (Å²) < 4.78 is 31.7. The van der Waals surface area contributed by atoms with Gasteiger partial charge in [-0.3, -0.25) is 9.59 Å². The highest BCUT2D eigenvalue weighted by atomic mass is 32.2. The summed E-state index contributed by atoms with van der Waals surface area (Å²) in [5, 5.41) is 4.97. The molecule has 0 spiro atoms. The average molecular weight is 461 g/mol. The smallest absolute Gasteiger partial charge is 0.341 e. The summed E-state index contributed by atoms with van der Waals surface area (Å²) in [4.78, 5) is 37.8. The highest BCUT2D eigenvalue weighted by Gasteiger charge is 2.48. The van der Waals surface area contributed by atoms with Crippen LogP contribution in [0.4, 0.5) is 5.00 Å². The van der Waals surface area contributed by atoms with Gasteiger partial charge in [-0.1, -0.05) is 0 Å². The number of hydrogen-bond donors (Lipinski definition) is 1. The van der Waals surface area contributed by atoms with Crippen molar-refractivity contribution in [2.24, 2.45) is 0 Å². The largest absolute Gasteiger partial charge is 0.462 e. The molecule has 0 atom stereocenters. The van der Waals surface area contributed by atoms with Crippen LogP contribution in [0, 0.1) is 0 Å². The first kappa shape index (κ1) is 20.2. The zero-order valence-electron chi connectivity index (χ0n) is 16.7. The summed E-state index contributed by atoms with van der Waals surface area (Å²) in [6.07, 6.45) is 3.30. The molecule has 0 radical (unpaired) electrons. The molecule has 0 bridgehead atoms. The summed E-state index contributed by atoms with van der Waals surface area (Å²) >= 11 is 1.25. The molecule has 8 nitrogen and oxygen atoms in total. The number of esters is 1. The minimum absolute atomic E-state index is 0.0859. The Morgan fingerprint density at radius 3 is 2.61 bits per heavy atom. The third kappa shape index (κ3) is 3.34. The number of rotatable bonds is 6. The number of amides is 2. The molecule has 0 unspecified atom stereocenters. The van der Waals surface area contributed by atoms with Gasteiger partial charge in [0.05, 0.1) is 17.7 Å². The second kappa shape index (κ2) is 7.16. The summed E-state index contributed by atoms with van der Waals surface area (Å²) in [5.74, 6) is -1.28. The van der Waals surface area contributed by atoms with E-state index in [9.17, 15) is 22.8 Å². The van der Waals surface area contributed by atoms with E-state index in [2.05, 4.69) is 5.32 Å². The molecule has 1 aromatic heterocycles. The molecule has 5 rings (SSSR count). The van der Waals surface area contributed by atoms with Gasteiger partial charge in [0.25, 0.3) is 21.8 Å². The van der Waals surface area contributed by atoms with E-state index in [1.165, 1.54) is 29.5 Å². The number of hydrogen-bond acceptors (Lipinski definition) is 7. The molecular formula is C21H20N2O6S2. The van der Waals surface area contributed by atoms with Crippen LogP contribution in [0.5, 0.6) is 0 Å². The van der Waals surface area contributed by atoms with Gasteiger partial charge in [-0.05, 0) is 67.7 Å². The molecule has 2 aromatic rings. The molecule has 162 valence electrons. The van der Waals surface area contributed by atoms with Crippen LogP contribution in [0.1, 0.15) is 75.2 Å². The number of nitrogens with zero attached hydrogens (tertiary/aromatic N) is 1. The lowest BCUT2D eigenvalue weighted by Gasteiger charge is -2.13. The van der Waals surface area contributed by atoms with Crippen LogP contribution in [-0.4, -0.2) is 43.2 Å². The topological polar surface area (TPSA) is 110 Å². The summed E-state index contributed by atoms with van der Waals surface area (Å²) in [6, 6.07) is 3.75. The highest BCUT2D eigenvalue weighted by Crippen LogP contribution is 2.46. The number of sulfonamides is 1. The van der Waals surface area contributed by atoms with E-state index < -0.39 is 27.8 Å². The Morgan fingerprint density at radius 2 is 1.97 bits per heavy atom. The van der Waals surface area contributed by atoms with Crippen LogP contribution in [0.15, 0.2) is 28.5 Å². The number of carbonyl (C=O) groups is 3. The fourth-order valence-corrected chi connectivity index (χ4v) is 6.67. The minimum atomic E-state index is -3.96. The van der Waals surface area contributed by atoms with E-state index >= 15 is 0 Å². The Labute approximate surface area is 183 Å². The third-order valence-corrected chi connectivity index (χ3v) is 8.42. The van der Waals surface area contributed by atoms with Crippen molar-refractivity contribution in [3.05, 3.63) is 45.8 Å². The van der Waals surface area contributed by atoms with Gasteiger partial charge in [-0.2, -0.15) is 0 Å². The number of thiophene rings is 1. The van der Waals surface area contributed by atoms with Gasteiger partial charge in [-0.15, -0.1) is 11.3 Å². The van der Waals surface area contributed by atoms with Gasteiger partial charge in [0, 0.05) is 11.6 Å². The van der Waals surface area contributed by atoms with Crippen molar-refractivity contribution >= 4 is 44.1 Å². The fourth-order valence-electron chi connectivity index (χ4n) is 3.81. The van der Waals surface area contributed by atoms with Crippen LogP contribution >= 0.6 is 11.3 Å². The molecule has 2 amide bonds. The first-order chi connectivity index (χ1) is 14.8. The molecule has 1 aliphatic heterocycles. The van der Waals surface area contributed by atoms with Gasteiger partial charge < -0.3 is 10.1 Å². The number of benzene rings is 1. The predicted molar refractivity (Wildman–Crippen MR) is 113 cm³/mol. The van der Waals surface area contributed by atoms with E-state index in [1.54, 1.807) is 6.92 Å². The Balaban J connectivity index is 1.45. The third-order valence-electron chi connectivity index (χ3n) is 5.63. The Hall–Kier alpha value is -2.72. The maximum Gasteiger partial charge on any atom is 0.341 e. The molecule has 3 aliphatic rings.